The van der Waals surface area contributed by atoms with Crippen molar-refractivity contribution < 1.29 is 9.18 Å². The smallest absolute Gasteiger partial charge is 0.276 e. The molecule has 1 aromatic carbocycles. The number of nitrogens with one attached hydrogen (secondary N) is 1. The molecule has 0 aliphatic carbocycles. The first-order chi connectivity index (χ1) is 12.6. The fraction of sp³-hybridized carbons (Fsp3) is 0.526. The first-order valence-electron chi connectivity index (χ1n) is 9.32. The van der Waals surface area contributed by atoms with Crippen molar-refractivity contribution >= 4 is 5.91 Å². The molecular weight excluding hydrogens is 333 g/mol. The van der Waals surface area contributed by atoms with Gasteiger partial charge in [0, 0.05) is 6.54 Å². The number of amides is 1. The van der Waals surface area contributed by atoms with Crippen LogP contribution in [0.4, 0.5) is 4.39 Å². The molecule has 2 fully saturated rings. The van der Waals surface area contributed by atoms with Crippen LogP contribution in [-0.2, 0) is 0 Å². The van der Waals surface area contributed by atoms with E-state index < -0.39 is 0 Å². The number of benzene rings is 1. The number of halogens is 1. The first kappa shape index (κ1) is 17.1. The van der Waals surface area contributed by atoms with Crippen molar-refractivity contribution in [1.29, 1.82) is 0 Å². The molecule has 0 saturated carbocycles. The molecule has 7 heteroatoms. The minimum absolute atomic E-state index is 0.121. The average molecular weight is 357 g/mol. The summed E-state index contributed by atoms with van der Waals surface area (Å²) >= 11 is 0. The standard InChI is InChI=1S/C19H24FN5O/c1-13-7-10-24(18(13)14-3-2-4-15(20)11-14)19(26)17-12-25(23-22-17)16-5-8-21-9-6-16/h2-4,11-13,16,18,21H,5-10H2,1H3/t13-,18+/m1/s1. The predicted octanol–water partition coefficient (Wildman–Crippen LogP) is 2.57. The van der Waals surface area contributed by atoms with Crippen LogP contribution in [0.25, 0.3) is 0 Å². The minimum Gasteiger partial charge on any atom is -0.330 e. The molecule has 6 nitrogen and oxygen atoms in total. The van der Waals surface area contributed by atoms with Gasteiger partial charge in [0.15, 0.2) is 5.69 Å². The third-order valence-corrected chi connectivity index (χ3v) is 5.56. The summed E-state index contributed by atoms with van der Waals surface area (Å²) < 4.78 is 15.5. The fourth-order valence-corrected chi connectivity index (χ4v) is 4.15. The largest absolute Gasteiger partial charge is 0.330 e. The van der Waals surface area contributed by atoms with Gasteiger partial charge >= 0.3 is 0 Å². The van der Waals surface area contributed by atoms with Crippen molar-refractivity contribution in [3.8, 4) is 0 Å². The fourth-order valence-electron chi connectivity index (χ4n) is 4.15. The topological polar surface area (TPSA) is 63.1 Å². The zero-order valence-corrected chi connectivity index (χ0v) is 14.9. The number of piperidine rings is 1. The molecule has 0 bridgehead atoms. The number of rotatable bonds is 3. The van der Waals surface area contributed by atoms with Crippen LogP contribution < -0.4 is 5.32 Å². The molecule has 138 valence electrons. The van der Waals surface area contributed by atoms with E-state index in [4.69, 9.17) is 0 Å². The van der Waals surface area contributed by atoms with Gasteiger partial charge < -0.3 is 10.2 Å². The molecule has 0 unspecified atom stereocenters. The molecule has 2 saturated heterocycles. The zero-order chi connectivity index (χ0) is 18.1. The summed E-state index contributed by atoms with van der Waals surface area (Å²) in [7, 11) is 0. The molecule has 0 radical (unpaired) electrons. The van der Waals surface area contributed by atoms with Crippen molar-refractivity contribution in [3.63, 3.8) is 0 Å². The summed E-state index contributed by atoms with van der Waals surface area (Å²) in [6, 6.07) is 6.72. The first-order valence-corrected chi connectivity index (χ1v) is 9.32. The molecule has 1 aromatic heterocycles. The van der Waals surface area contributed by atoms with E-state index in [9.17, 15) is 9.18 Å². The molecule has 2 aromatic rings. The third-order valence-electron chi connectivity index (χ3n) is 5.56. The summed E-state index contributed by atoms with van der Waals surface area (Å²) in [5, 5.41) is 11.7. The highest BCUT2D eigenvalue weighted by Gasteiger charge is 2.37. The summed E-state index contributed by atoms with van der Waals surface area (Å²) in [5.74, 6) is -0.116. The molecule has 1 N–H and O–H groups in total. The Morgan fingerprint density at radius 3 is 2.85 bits per heavy atom. The van der Waals surface area contributed by atoms with Crippen molar-refractivity contribution in [2.75, 3.05) is 19.6 Å². The monoisotopic (exact) mass is 357 g/mol. The molecule has 2 atom stereocenters. The number of carbonyl (C=O) groups excluding carboxylic acids is 1. The lowest BCUT2D eigenvalue weighted by atomic mass is 9.95. The van der Waals surface area contributed by atoms with E-state index in [2.05, 4.69) is 22.6 Å². The summed E-state index contributed by atoms with van der Waals surface area (Å²) in [6.45, 7) is 4.67. The van der Waals surface area contributed by atoms with Gasteiger partial charge in [-0.25, -0.2) is 9.07 Å². The van der Waals surface area contributed by atoms with E-state index in [-0.39, 0.29) is 23.7 Å². The van der Waals surface area contributed by atoms with Crippen molar-refractivity contribution in [3.05, 3.63) is 47.5 Å². The second-order valence-electron chi connectivity index (χ2n) is 7.33. The normalized spacial score (nSPS) is 24.2. The highest BCUT2D eigenvalue weighted by atomic mass is 19.1. The van der Waals surface area contributed by atoms with Gasteiger partial charge in [0.1, 0.15) is 5.82 Å². The SMILES string of the molecule is C[C@@H]1CCN(C(=O)c2cn(C3CCNCC3)nn2)[C@@H]1c1cccc(F)c1. The number of likely N-dealkylation sites (tertiary alicyclic amines) is 1. The van der Waals surface area contributed by atoms with E-state index in [0.29, 0.717) is 18.3 Å². The van der Waals surface area contributed by atoms with Crippen LogP contribution in [0.5, 0.6) is 0 Å². The lowest BCUT2D eigenvalue weighted by molar-refractivity contribution is 0.0714. The maximum Gasteiger partial charge on any atom is 0.276 e. The number of carbonyl (C=O) groups is 1. The van der Waals surface area contributed by atoms with Gasteiger partial charge in [-0.05, 0) is 56.0 Å². The van der Waals surface area contributed by atoms with Crippen molar-refractivity contribution in [1.82, 2.24) is 25.2 Å². The Kier molecular flexibility index (Phi) is 4.72. The Labute approximate surface area is 152 Å². The van der Waals surface area contributed by atoms with Crippen LogP contribution in [-0.4, -0.2) is 45.4 Å². The predicted molar refractivity (Wildman–Crippen MR) is 95.1 cm³/mol. The highest BCUT2D eigenvalue weighted by molar-refractivity contribution is 5.92. The minimum atomic E-state index is -0.272. The quantitative estimate of drug-likeness (QED) is 0.917. The van der Waals surface area contributed by atoms with Crippen LogP contribution in [0.2, 0.25) is 0 Å². The van der Waals surface area contributed by atoms with E-state index in [1.54, 1.807) is 12.3 Å². The second kappa shape index (κ2) is 7.15. The van der Waals surface area contributed by atoms with Gasteiger partial charge in [0.05, 0.1) is 18.3 Å². The van der Waals surface area contributed by atoms with E-state index >= 15 is 0 Å². The van der Waals surface area contributed by atoms with E-state index in [0.717, 1.165) is 37.9 Å². The van der Waals surface area contributed by atoms with E-state index in [1.807, 2.05) is 15.6 Å². The van der Waals surface area contributed by atoms with E-state index in [1.165, 1.54) is 12.1 Å². The van der Waals surface area contributed by atoms with Gasteiger partial charge in [-0.2, -0.15) is 0 Å². The van der Waals surface area contributed by atoms with Crippen LogP contribution in [0.3, 0.4) is 0 Å². The van der Waals surface area contributed by atoms with Crippen LogP contribution in [0.1, 0.15) is 54.3 Å². The molecular formula is C19H24FN5O. The lowest BCUT2D eigenvalue weighted by Crippen LogP contribution is -2.32. The molecule has 3 heterocycles. The molecule has 26 heavy (non-hydrogen) atoms. The Hall–Kier alpha value is -2.28. The number of nitrogens with zero attached hydrogens (tertiary/aromatic N) is 4. The van der Waals surface area contributed by atoms with Crippen molar-refractivity contribution in [2.24, 2.45) is 5.92 Å². The van der Waals surface area contributed by atoms with Crippen LogP contribution in [0, 0.1) is 11.7 Å². The Bertz CT molecular complexity index is 786. The summed E-state index contributed by atoms with van der Waals surface area (Å²) in [4.78, 5) is 14.9. The second-order valence-corrected chi connectivity index (χ2v) is 7.33. The van der Waals surface area contributed by atoms with Crippen LogP contribution >= 0.6 is 0 Å². The van der Waals surface area contributed by atoms with Gasteiger partial charge in [-0.15, -0.1) is 5.10 Å². The Balaban J connectivity index is 1.56. The van der Waals surface area contributed by atoms with Gasteiger partial charge in [0.2, 0.25) is 0 Å². The lowest BCUT2D eigenvalue weighted by Gasteiger charge is -2.27. The Morgan fingerprint density at radius 2 is 2.08 bits per heavy atom. The molecule has 4 rings (SSSR count). The Morgan fingerprint density at radius 1 is 1.27 bits per heavy atom. The van der Waals surface area contributed by atoms with Gasteiger partial charge in [-0.1, -0.05) is 24.3 Å². The zero-order valence-electron chi connectivity index (χ0n) is 14.9. The summed E-state index contributed by atoms with van der Waals surface area (Å²) in [6.07, 6.45) is 4.65. The molecule has 2 aliphatic rings. The van der Waals surface area contributed by atoms with Gasteiger partial charge in [-0.3, -0.25) is 4.79 Å². The maximum absolute atomic E-state index is 13.7. The van der Waals surface area contributed by atoms with Crippen LogP contribution in [0.15, 0.2) is 30.5 Å². The molecule has 0 spiro atoms. The molecule has 1 amide bonds. The number of hydrogen-bond acceptors (Lipinski definition) is 4. The number of hydrogen-bond donors (Lipinski definition) is 1. The molecule has 2 aliphatic heterocycles. The van der Waals surface area contributed by atoms with Gasteiger partial charge in [0.25, 0.3) is 5.91 Å². The van der Waals surface area contributed by atoms with Crippen molar-refractivity contribution in [2.45, 2.75) is 38.3 Å². The average Bonchev–Trinajstić information content (AvgIpc) is 3.29. The third kappa shape index (κ3) is 3.23. The number of aromatic nitrogens is 3. The maximum atomic E-state index is 13.7. The summed E-state index contributed by atoms with van der Waals surface area (Å²) in [5.41, 5.74) is 1.22. The highest BCUT2D eigenvalue weighted by Crippen LogP contribution is 2.38.